The number of ether oxygens (including phenoxy) is 1. The van der Waals surface area contributed by atoms with Gasteiger partial charge in [-0.05, 0) is 0 Å². The molecule has 92 valence electrons. The van der Waals surface area contributed by atoms with Crippen LogP contribution in [0.5, 0.6) is 0 Å². The van der Waals surface area contributed by atoms with Crippen molar-refractivity contribution in [3.8, 4) is 0 Å². The van der Waals surface area contributed by atoms with E-state index in [0.717, 1.165) is 0 Å². The van der Waals surface area contributed by atoms with Crippen molar-refractivity contribution < 1.29 is 19.4 Å². The van der Waals surface area contributed by atoms with Gasteiger partial charge in [-0.1, -0.05) is 0 Å². The zero-order valence-electron chi connectivity index (χ0n) is 9.29. The van der Waals surface area contributed by atoms with Crippen molar-refractivity contribution in [2.75, 3.05) is 13.7 Å². The normalized spacial score (nSPS) is 11.8. The van der Waals surface area contributed by atoms with Gasteiger partial charge in [0.15, 0.2) is 0 Å². The molecule has 0 aliphatic heterocycles. The number of rotatable bonds is 6. The first-order valence-corrected chi connectivity index (χ1v) is 4.91. The van der Waals surface area contributed by atoms with Crippen LogP contribution in [-0.4, -0.2) is 46.7 Å². The number of nitrogens with one attached hydrogen (secondary N) is 1. The minimum atomic E-state index is -0.978. The van der Waals surface area contributed by atoms with Crippen LogP contribution in [0.2, 0.25) is 0 Å². The minimum absolute atomic E-state index is 0.122. The highest BCUT2D eigenvalue weighted by Gasteiger charge is 2.14. The SMILES string of the molecule is COC(CNC(=O)c1cncnc1)CC(=O)O. The van der Waals surface area contributed by atoms with Crippen LogP contribution in [0.4, 0.5) is 0 Å². The van der Waals surface area contributed by atoms with Crippen molar-refractivity contribution in [2.45, 2.75) is 12.5 Å². The molecule has 0 fully saturated rings. The Morgan fingerprint density at radius 1 is 1.47 bits per heavy atom. The monoisotopic (exact) mass is 239 g/mol. The highest BCUT2D eigenvalue weighted by Crippen LogP contribution is 1.97. The van der Waals surface area contributed by atoms with E-state index in [4.69, 9.17) is 9.84 Å². The molecule has 1 aromatic rings. The third-order valence-corrected chi connectivity index (χ3v) is 2.05. The van der Waals surface area contributed by atoms with E-state index in [1.807, 2.05) is 0 Å². The summed E-state index contributed by atoms with van der Waals surface area (Å²) >= 11 is 0. The fraction of sp³-hybridized carbons (Fsp3) is 0.400. The summed E-state index contributed by atoms with van der Waals surface area (Å²) in [5.74, 6) is -1.34. The second-order valence-electron chi connectivity index (χ2n) is 3.29. The molecular weight excluding hydrogens is 226 g/mol. The number of aromatic nitrogens is 2. The molecule has 1 atom stereocenters. The first-order chi connectivity index (χ1) is 8.13. The quantitative estimate of drug-likeness (QED) is 0.706. The smallest absolute Gasteiger partial charge is 0.306 e. The predicted octanol–water partition coefficient (Wildman–Crippen LogP) is -0.304. The van der Waals surface area contributed by atoms with Gasteiger partial charge in [0.1, 0.15) is 6.33 Å². The van der Waals surface area contributed by atoms with Gasteiger partial charge in [0, 0.05) is 26.0 Å². The summed E-state index contributed by atoms with van der Waals surface area (Å²) in [5, 5.41) is 11.1. The molecule has 1 unspecified atom stereocenters. The number of carboxylic acid groups (broad SMARTS) is 1. The molecule has 17 heavy (non-hydrogen) atoms. The van der Waals surface area contributed by atoms with Crippen LogP contribution in [0, 0.1) is 0 Å². The number of amides is 1. The average Bonchev–Trinajstić information content (AvgIpc) is 2.34. The standard InChI is InChI=1S/C10H13N3O4/c1-17-8(2-9(14)15)5-13-10(16)7-3-11-6-12-4-7/h3-4,6,8H,2,5H2,1H3,(H,13,16)(H,14,15). The molecule has 1 amide bonds. The second kappa shape index (κ2) is 6.54. The molecule has 0 aliphatic rings. The zero-order valence-corrected chi connectivity index (χ0v) is 9.29. The van der Waals surface area contributed by atoms with Gasteiger partial charge < -0.3 is 15.2 Å². The molecule has 0 saturated carbocycles. The number of carbonyl (C=O) groups is 2. The number of hydrogen-bond donors (Lipinski definition) is 2. The van der Waals surface area contributed by atoms with Gasteiger partial charge in [-0.3, -0.25) is 9.59 Å². The molecule has 7 nitrogen and oxygen atoms in total. The number of carboxylic acids is 1. The lowest BCUT2D eigenvalue weighted by atomic mass is 10.2. The van der Waals surface area contributed by atoms with Crippen molar-refractivity contribution >= 4 is 11.9 Å². The van der Waals surface area contributed by atoms with Crippen LogP contribution in [0.15, 0.2) is 18.7 Å². The molecule has 0 aliphatic carbocycles. The van der Waals surface area contributed by atoms with Crippen molar-refractivity contribution in [1.82, 2.24) is 15.3 Å². The highest BCUT2D eigenvalue weighted by atomic mass is 16.5. The Balaban J connectivity index is 2.44. The minimum Gasteiger partial charge on any atom is -0.481 e. The van der Waals surface area contributed by atoms with E-state index in [2.05, 4.69) is 15.3 Å². The van der Waals surface area contributed by atoms with E-state index in [9.17, 15) is 9.59 Å². The predicted molar refractivity (Wildman–Crippen MR) is 57.4 cm³/mol. The Morgan fingerprint density at radius 2 is 2.12 bits per heavy atom. The Labute approximate surface area is 97.8 Å². The molecule has 2 N–H and O–H groups in total. The topological polar surface area (TPSA) is 101 Å². The molecule has 0 spiro atoms. The van der Waals surface area contributed by atoms with Crippen LogP contribution in [0.25, 0.3) is 0 Å². The summed E-state index contributed by atoms with van der Waals surface area (Å²) < 4.78 is 4.92. The van der Waals surface area contributed by atoms with Gasteiger partial charge >= 0.3 is 5.97 Å². The van der Waals surface area contributed by atoms with Crippen LogP contribution in [-0.2, 0) is 9.53 Å². The molecular formula is C10H13N3O4. The van der Waals surface area contributed by atoms with Crippen LogP contribution >= 0.6 is 0 Å². The van der Waals surface area contributed by atoms with Crippen molar-refractivity contribution in [3.05, 3.63) is 24.3 Å². The van der Waals surface area contributed by atoms with E-state index in [1.54, 1.807) is 0 Å². The maximum absolute atomic E-state index is 11.6. The van der Waals surface area contributed by atoms with E-state index >= 15 is 0 Å². The van der Waals surface area contributed by atoms with Crippen molar-refractivity contribution in [2.24, 2.45) is 0 Å². The molecule has 0 radical (unpaired) electrons. The lowest BCUT2D eigenvalue weighted by molar-refractivity contribution is -0.139. The van der Waals surface area contributed by atoms with Gasteiger partial charge in [0.2, 0.25) is 0 Å². The third-order valence-electron chi connectivity index (χ3n) is 2.05. The summed E-state index contributed by atoms with van der Waals surface area (Å²) in [5.41, 5.74) is 0.317. The lowest BCUT2D eigenvalue weighted by Gasteiger charge is -2.13. The molecule has 1 heterocycles. The summed E-state index contributed by atoms with van der Waals surface area (Å²) in [7, 11) is 1.39. The van der Waals surface area contributed by atoms with Crippen LogP contribution in [0.3, 0.4) is 0 Å². The Bertz CT molecular complexity index is 382. The second-order valence-corrected chi connectivity index (χ2v) is 3.29. The fourth-order valence-corrected chi connectivity index (χ4v) is 1.16. The first-order valence-electron chi connectivity index (χ1n) is 4.91. The van der Waals surface area contributed by atoms with Gasteiger partial charge in [-0.2, -0.15) is 0 Å². The maximum Gasteiger partial charge on any atom is 0.306 e. The summed E-state index contributed by atoms with van der Waals surface area (Å²) in [6.45, 7) is 0.122. The molecule has 0 bridgehead atoms. The van der Waals surface area contributed by atoms with E-state index < -0.39 is 12.1 Å². The molecule has 1 aromatic heterocycles. The van der Waals surface area contributed by atoms with E-state index in [1.165, 1.54) is 25.8 Å². The highest BCUT2D eigenvalue weighted by molar-refractivity contribution is 5.93. The van der Waals surface area contributed by atoms with E-state index in [0.29, 0.717) is 5.56 Å². The van der Waals surface area contributed by atoms with Crippen LogP contribution < -0.4 is 5.32 Å². The van der Waals surface area contributed by atoms with Gasteiger partial charge in [0.05, 0.1) is 18.1 Å². The summed E-state index contributed by atoms with van der Waals surface area (Å²) in [4.78, 5) is 29.4. The number of carbonyl (C=O) groups excluding carboxylic acids is 1. The average molecular weight is 239 g/mol. The third kappa shape index (κ3) is 4.56. The van der Waals surface area contributed by atoms with Crippen LogP contribution in [0.1, 0.15) is 16.8 Å². The Hall–Kier alpha value is -2.02. The fourth-order valence-electron chi connectivity index (χ4n) is 1.16. The summed E-state index contributed by atoms with van der Waals surface area (Å²) in [6.07, 6.45) is 3.35. The number of nitrogens with zero attached hydrogens (tertiary/aromatic N) is 2. The Morgan fingerprint density at radius 3 is 2.65 bits per heavy atom. The maximum atomic E-state index is 11.6. The first kappa shape index (κ1) is 13.0. The lowest BCUT2D eigenvalue weighted by Crippen LogP contribution is -2.34. The van der Waals surface area contributed by atoms with Crippen molar-refractivity contribution in [3.63, 3.8) is 0 Å². The molecule has 0 saturated heterocycles. The molecule has 1 rings (SSSR count). The number of hydrogen-bond acceptors (Lipinski definition) is 5. The van der Waals surface area contributed by atoms with Crippen molar-refractivity contribution in [1.29, 1.82) is 0 Å². The number of methoxy groups -OCH3 is 1. The Kier molecular flexibility index (Phi) is 5.02. The zero-order chi connectivity index (χ0) is 12.7. The molecule has 7 heteroatoms. The van der Waals surface area contributed by atoms with Gasteiger partial charge in [-0.15, -0.1) is 0 Å². The molecule has 0 aromatic carbocycles. The summed E-state index contributed by atoms with van der Waals surface area (Å²) in [6, 6.07) is 0. The largest absolute Gasteiger partial charge is 0.481 e. The number of aliphatic carboxylic acids is 1. The van der Waals surface area contributed by atoms with E-state index in [-0.39, 0.29) is 18.9 Å². The van der Waals surface area contributed by atoms with Gasteiger partial charge in [0.25, 0.3) is 5.91 Å². The van der Waals surface area contributed by atoms with Gasteiger partial charge in [-0.25, -0.2) is 9.97 Å².